The summed E-state index contributed by atoms with van der Waals surface area (Å²) >= 11 is 0. The molecule has 27 heavy (non-hydrogen) atoms. The highest BCUT2D eigenvalue weighted by atomic mass is 16.6. The van der Waals surface area contributed by atoms with Gasteiger partial charge in [0.25, 0.3) is 5.69 Å². The number of nitrogens with one attached hydrogen (secondary N) is 1. The quantitative estimate of drug-likeness (QED) is 0.375. The molecule has 0 bridgehead atoms. The molecular formula is C19H19N3O5. The molecule has 8 heteroatoms. The van der Waals surface area contributed by atoms with Crippen molar-refractivity contribution in [3.05, 3.63) is 69.9 Å². The number of nitrogens with zero attached hydrogens (tertiary/aromatic N) is 1. The minimum atomic E-state index is -0.733. The molecule has 8 nitrogen and oxygen atoms in total. The highest BCUT2D eigenvalue weighted by Crippen LogP contribution is 2.26. The summed E-state index contributed by atoms with van der Waals surface area (Å²) in [4.78, 5) is 25.3. The summed E-state index contributed by atoms with van der Waals surface area (Å²) in [7, 11) is 1.30. The van der Waals surface area contributed by atoms with Crippen molar-refractivity contribution >= 4 is 22.6 Å². The second-order valence-corrected chi connectivity index (χ2v) is 6.03. The molecule has 140 valence electrons. The van der Waals surface area contributed by atoms with E-state index in [0.29, 0.717) is 17.7 Å². The molecule has 2 aromatic carbocycles. The molecule has 1 heterocycles. The van der Waals surface area contributed by atoms with Crippen LogP contribution in [0.3, 0.4) is 0 Å². The topological polar surface area (TPSA) is 120 Å². The Morgan fingerprint density at radius 3 is 2.78 bits per heavy atom. The largest absolute Gasteiger partial charge is 0.489 e. The summed E-state index contributed by atoms with van der Waals surface area (Å²) < 4.78 is 10.4. The molecule has 0 aliphatic carbocycles. The number of ether oxygens (including phenoxy) is 2. The van der Waals surface area contributed by atoms with Gasteiger partial charge < -0.3 is 20.2 Å². The van der Waals surface area contributed by atoms with Crippen LogP contribution in [-0.2, 0) is 22.6 Å². The van der Waals surface area contributed by atoms with Crippen LogP contribution in [0.4, 0.5) is 5.69 Å². The number of nitrogens with two attached hydrogens (primary N) is 1. The predicted octanol–water partition coefficient (Wildman–Crippen LogP) is 2.70. The first-order chi connectivity index (χ1) is 13.0. The van der Waals surface area contributed by atoms with Gasteiger partial charge in [-0.3, -0.25) is 14.9 Å². The summed E-state index contributed by atoms with van der Waals surface area (Å²) in [6, 6.07) is 11.2. The molecule has 1 atom stereocenters. The van der Waals surface area contributed by atoms with Crippen LogP contribution in [0.2, 0.25) is 0 Å². The summed E-state index contributed by atoms with van der Waals surface area (Å²) in [6.07, 6.45) is 2.14. The van der Waals surface area contributed by atoms with E-state index in [-0.39, 0.29) is 12.3 Å². The Hall–Kier alpha value is -3.39. The molecule has 0 aliphatic rings. The van der Waals surface area contributed by atoms with Gasteiger partial charge in [0, 0.05) is 35.7 Å². The maximum absolute atomic E-state index is 11.5. The molecule has 3 N–H and O–H groups in total. The number of aromatic nitrogens is 1. The summed E-state index contributed by atoms with van der Waals surface area (Å²) in [5.41, 5.74) is 8.06. The van der Waals surface area contributed by atoms with Gasteiger partial charge in [0.05, 0.1) is 17.6 Å². The molecule has 0 unspecified atom stereocenters. The number of nitro benzene ring substituents is 1. The van der Waals surface area contributed by atoms with E-state index in [1.807, 2.05) is 6.07 Å². The molecule has 0 radical (unpaired) electrons. The molecule has 0 aliphatic heterocycles. The van der Waals surface area contributed by atoms with Crippen molar-refractivity contribution in [1.29, 1.82) is 0 Å². The highest BCUT2D eigenvalue weighted by Gasteiger charge is 2.17. The Morgan fingerprint density at radius 2 is 2.04 bits per heavy atom. The first-order valence-corrected chi connectivity index (χ1v) is 8.28. The zero-order chi connectivity index (χ0) is 19.4. The molecule has 3 aromatic rings. The van der Waals surface area contributed by atoms with Crippen LogP contribution in [0.5, 0.6) is 5.75 Å². The number of rotatable bonds is 7. The first kappa shape index (κ1) is 18.4. The molecule has 0 fully saturated rings. The number of carbonyl (C=O) groups excluding carboxylic acids is 1. The fourth-order valence-electron chi connectivity index (χ4n) is 2.87. The normalized spacial score (nSPS) is 11.9. The lowest BCUT2D eigenvalue weighted by Crippen LogP contribution is -2.33. The lowest BCUT2D eigenvalue weighted by Gasteiger charge is -2.09. The van der Waals surface area contributed by atoms with E-state index in [4.69, 9.17) is 10.5 Å². The highest BCUT2D eigenvalue weighted by molar-refractivity contribution is 5.85. The number of para-hydroxylation sites is 1. The van der Waals surface area contributed by atoms with Crippen LogP contribution in [0.25, 0.3) is 10.9 Å². The number of methoxy groups -OCH3 is 1. The zero-order valence-electron chi connectivity index (χ0n) is 14.7. The second-order valence-electron chi connectivity index (χ2n) is 6.03. The Balaban J connectivity index is 1.75. The van der Waals surface area contributed by atoms with Crippen molar-refractivity contribution in [2.45, 2.75) is 19.1 Å². The van der Waals surface area contributed by atoms with Crippen LogP contribution < -0.4 is 10.5 Å². The molecular weight excluding hydrogens is 350 g/mol. The van der Waals surface area contributed by atoms with E-state index >= 15 is 0 Å². The van der Waals surface area contributed by atoms with Crippen molar-refractivity contribution < 1.29 is 19.2 Å². The summed E-state index contributed by atoms with van der Waals surface area (Å²) in [5, 5.41) is 12.0. The van der Waals surface area contributed by atoms with Gasteiger partial charge >= 0.3 is 5.97 Å². The van der Waals surface area contributed by atoms with E-state index in [1.165, 1.54) is 13.2 Å². The van der Waals surface area contributed by atoms with Crippen molar-refractivity contribution in [2.75, 3.05) is 7.11 Å². The number of hydrogen-bond donors (Lipinski definition) is 2. The molecule has 1 aromatic heterocycles. The average Bonchev–Trinajstić information content (AvgIpc) is 3.07. The number of nitro groups is 1. The van der Waals surface area contributed by atoms with E-state index < -0.39 is 16.9 Å². The van der Waals surface area contributed by atoms with Crippen LogP contribution in [0.15, 0.2) is 48.7 Å². The minimum Gasteiger partial charge on any atom is -0.489 e. The van der Waals surface area contributed by atoms with Crippen LogP contribution in [-0.4, -0.2) is 29.0 Å². The monoisotopic (exact) mass is 369 g/mol. The third-order valence-corrected chi connectivity index (χ3v) is 4.27. The van der Waals surface area contributed by atoms with Crippen LogP contribution >= 0.6 is 0 Å². The van der Waals surface area contributed by atoms with Crippen LogP contribution in [0.1, 0.15) is 11.1 Å². The SMILES string of the molecule is COC(=O)[C@@H](N)Cc1c[nH]c2cc(OCc3ccccc3[N+](=O)[O-])ccc12. The Labute approximate surface area is 155 Å². The third-order valence-electron chi connectivity index (χ3n) is 4.27. The Kier molecular flexibility index (Phi) is 5.37. The smallest absolute Gasteiger partial charge is 0.322 e. The van der Waals surface area contributed by atoms with Crippen molar-refractivity contribution in [3.8, 4) is 5.75 Å². The maximum atomic E-state index is 11.5. The van der Waals surface area contributed by atoms with Gasteiger partial charge in [-0.1, -0.05) is 12.1 Å². The Bertz CT molecular complexity index is 982. The Morgan fingerprint density at radius 1 is 1.26 bits per heavy atom. The summed E-state index contributed by atoms with van der Waals surface area (Å²) in [6.45, 7) is 0.0867. The predicted molar refractivity (Wildman–Crippen MR) is 99.4 cm³/mol. The van der Waals surface area contributed by atoms with Crippen LogP contribution in [0, 0.1) is 10.1 Å². The second kappa shape index (κ2) is 7.88. The summed E-state index contributed by atoms with van der Waals surface area (Å²) in [5.74, 6) is 0.111. The number of hydrogen-bond acceptors (Lipinski definition) is 6. The van der Waals surface area contributed by atoms with E-state index in [1.54, 1.807) is 36.5 Å². The zero-order valence-corrected chi connectivity index (χ0v) is 14.7. The lowest BCUT2D eigenvalue weighted by molar-refractivity contribution is -0.385. The minimum absolute atomic E-state index is 0.0255. The number of benzene rings is 2. The van der Waals surface area contributed by atoms with Crippen molar-refractivity contribution in [1.82, 2.24) is 4.98 Å². The number of aromatic amines is 1. The van der Waals surface area contributed by atoms with Gasteiger partial charge in [-0.2, -0.15) is 0 Å². The standard InChI is InChI=1S/C19H19N3O5/c1-26-19(23)16(20)8-13-10-21-17-9-14(6-7-15(13)17)27-11-12-4-2-3-5-18(12)22(24)25/h2-7,9-10,16,21H,8,11,20H2,1H3/t16-/m0/s1. The fourth-order valence-corrected chi connectivity index (χ4v) is 2.87. The van der Waals surface area contributed by atoms with Gasteiger partial charge in [0.15, 0.2) is 0 Å². The number of fused-ring (bicyclic) bond motifs is 1. The third kappa shape index (κ3) is 4.06. The van der Waals surface area contributed by atoms with E-state index in [9.17, 15) is 14.9 Å². The average molecular weight is 369 g/mol. The van der Waals surface area contributed by atoms with Crippen molar-refractivity contribution in [3.63, 3.8) is 0 Å². The van der Waals surface area contributed by atoms with E-state index in [2.05, 4.69) is 9.72 Å². The molecule has 0 saturated carbocycles. The molecule has 0 amide bonds. The fraction of sp³-hybridized carbons (Fsp3) is 0.211. The number of esters is 1. The molecule has 0 saturated heterocycles. The van der Waals surface area contributed by atoms with Gasteiger partial charge in [0.1, 0.15) is 18.4 Å². The van der Waals surface area contributed by atoms with Crippen molar-refractivity contribution in [2.24, 2.45) is 5.73 Å². The number of H-pyrrole nitrogens is 1. The van der Waals surface area contributed by atoms with Gasteiger partial charge in [-0.05, 0) is 23.8 Å². The molecule has 0 spiro atoms. The lowest BCUT2D eigenvalue weighted by atomic mass is 10.1. The van der Waals surface area contributed by atoms with Gasteiger partial charge in [-0.25, -0.2) is 0 Å². The maximum Gasteiger partial charge on any atom is 0.322 e. The molecule has 3 rings (SSSR count). The first-order valence-electron chi connectivity index (χ1n) is 8.28. The number of carbonyl (C=O) groups is 1. The van der Waals surface area contributed by atoms with E-state index in [0.717, 1.165) is 16.5 Å². The van der Waals surface area contributed by atoms with Gasteiger partial charge in [0.2, 0.25) is 0 Å². The van der Waals surface area contributed by atoms with Gasteiger partial charge in [-0.15, -0.1) is 0 Å².